The molecule has 60 valence electrons. The summed E-state index contributed by atoms with van der Waals surface area (Å²) in [5, 5.41) is 0. The molecule has 1 N–H and O–H groups in total. The zero-order valence-electron chi connectivity index (χ0n) is 7.65. The SMILES string of the molecule is CC1CC(C)[NH+](C)C(C)C1. The maximum Gasteiger partial charge on any atom is 0.0848 e. The van der Waals surface area contributed by atoms with Crippen molar-refractivity contribution in [3.05, 3.63) is 0 Å². The molecule has 1 fully saturated rings. The molecule has 0 bridgehead atoms. The van der Waals surface area contributed by atoms with Gasteiger partial charge in [-0.15, -0.1) is 0 Å². The van der Waals surface area contributed by atoms with E-state index < -0.39 is 0 Å². The Morgan fingerprint density at radius 2 is 1.40 bits per heavy atom. The summed E-state index contributed by atoms with van der Waals surface area (Å²) in [4.78, 5) is 1.72. The lowest BCUT2D eigenvalue weighted by atomic mass is 9.89. The Hall–Kier alpha value is -0.0400. The first-order valence-corrected chi connectivity index (χ1v) is 4.44. The number of hydrogen-bond acceptors (Lipinski definition) is 0. The number of rotatable bonds is 0. The zero-order valence-corrected chi connectivity index (χ0v) is 7.65. The summed E-state index contributed by atoms with van der Waals surface area (Å²) < 4.78 is 0. The number of hydrogen-bond donors (Lipinski definition) is 1. The molecule has 0 saturated carbocycles. The van der Waals surface area contributed by atoms with Gasteiger partial charge in [0.15, 0.2) is 0 Å². The Bertz CT molecular complexity index is 99.3. The van der Waals surface area contributed by atoms with Gasteiger partial charge in [-0.2, -0.15) is 0 Å². The number of nitrogens with one attached hydrogen (secondary N) is 1. The van der Waals surface area contributed by atoms with Crippen LogP contribution in [0, 0.1) is 5.92 Å². The van der Waals surface area contributed by atoms with Crippen LogP contribution < -0.4 is 4.90 Å². The number of piperidine rings is 1. The van der Waals surface area contributed by atoms with Crippen molar-refractivity contribution >= 4 is 0 Å². The number of quaternary nitrogens is 1. The lowest BCUT2D eigenvalue weighted by Crippen LogP contribution is -3.17. The normalized spacial score (nSPS) is 49.2. The first-order chi connectivity index (χ1) is 4.61. The summed E-state index contributed by atoms with van der Waals surface area (Å²) in [5.41, 5.74) is 0. The first kappa shape index (κ1) is 8.06. The molecule has 1 heterocycles. The van der Waals surface area contributed by atoms with Crippen LogP contribution in [0.25, 0.3) is 0 Å². The highest BCUT2D eigenvalue weighted by atomic mass is 15.2. The minimum absolute atomic E-state index is 0.874. The third-order valence-electron chi connectivity index (χ3n) is 3.07. The van der Waals surface area contributed by atoms with Gasteiger partial charge in [-0.05, 0) is 19.8 Å². The van der Waals surface area contributed by atoms with E-state index in [1.54, 1.807) is 4.90 Å². The van der Waals surface area contributed by atoms with Crippen molar-refractivity contribution in [2.75, 3.05) is 7.05 Å². The van der Waals surface area contributed by atoms with Crippen LogP contribution in [0.4, 0.5) is 0 Å². The Balaban J connectivity index is 2.49. The molecule has 0 aliphatic carbocycles. The Kier molecular flexibility index (Phi) is 2.35. The zero-order chi connectivity index (χ0) is 7.72. The summed E-state index contributed by atoms with van der Waals surface area (Å²) in [6, 6.07) is 1.75. The van der Waals surface area contributed by atoms with Crippen molar-refractivity contribution in [2.24, 2.45) is 5.92 Å². The molecule has 0 amide bonds. The molecular formula is C9H20N+. The predicted molar refractivity (Wildman–Crippen MR) is 44.2 cm³/mol. The molecule has 1 aliphatic heterocycles. The van der Waals surface area contributed by atoms with Gasteiger partial charge in [0.1, 0.15) is 0 Å². The monoisotopic (exact) mass is 142 g/mol. The van der Waals surface area contributed by atoms with Gasteiger partial charge in [0, 0.05) is 12.8 Å². The van der Waals surface area contributed by atoms with E-state index in [1.165, 1.54) is 12.8 Å². The summed E-state index contributed by atoms with van der Waals surface area (Å²) in [6.45, 7) is 7.10. The summed E-state index contributed by atoms with van der Waals surface area (Å²) >= 11 is 0. The van der Waals surface area contributed by atoms with Crippen LogP contribution in [0.3, 0.4) is 0 Å². The van der Waals surface area contributed by atoms with E-state index in [0.29, 0.717) is 0 Å². The van der Waals surface area contributed by atoms with Crippen LogP contribution in [0.2, 0.25) is 0 Å². The molecule has 0 spiro atoms. The molecule has 0 aromatic carbocycles. The fourth-order valence-electron chi connectivity index (χ4n) is 2.16. The molecule has 0 aromatic heterocycles. The van der Waals surface area contributed by atoms with E-state index in [-0.39, 0.29) is 0 Å². The van der Waals surface area contributed by atoms with Crippen molar-refractivity contribution in [1.29, 1.82) is 0 Å². The molecule has 10 heavy (non-hydrogen) atoms. The van der Waals surface area contributed by atoms with E-state index in [1.807, 2.05) is 0 Å². The highest BCUT2D eigenvalue weighted by Crippen LogP contribution is 2.14. The number of likely N-dealkylation sites (tertiary alicyclic amines) is 1. The Morgan fingerprint density at radius 1 is 1.00 bits per heavy atom. The van der Waals surface area contributed by atoms with Crippen molar-refractivity contribution in [2.45, 2.75) is 45.7 Å². The molecule has 0 radical (unpaired) electrons. The summed E-state index contributed by atoms with van der Waals surface area (Å²) in [6.07, 6.45) is 2.83. The van der Waals surface area contributed by atoms with Crippen LogP contribution in [0.1, 0.15) is 33.6 Å². The molecular weight excluding hydrogens is 122 g/mol. The average molecular weight is 142 g/mol. The topological polar surface area (TPSA) is 4.44 Å². The highest BCUT2D eigenvalue weighted by Gasteiger charge is 2.28. The van der Waals surface area contributed by atoms with Crippen molar-refractivity contribution in [3.63, 3.8) is 0 Å². The minimum atomic E-state index is 0.874. The van der Waals surface area contributed by atoms with Gasteiger partial charge < -0.3 is 4.90 Å². The van der Waals surface area contributed by atoms with Gasteiger partial charge in [0.2, 0.25) is 0 Å². The fraction of sp³-hybridized carbons (Fsp3) is 1.00. The maximum absolute atomic E-state index is 2.37. The molecule has 2 unspecified atom stereocenters. The van der Waals surface area contributed by atoms with Crippen LogP contribution in [0.5, 0.6) is 0 Å². The fourth-order valence-corrected chi connectivity index (χ4v) is 2.16. The second-order valence-electron chi connectivity index (χ2n) is 4.12. The maximum atomic E-state index is 2.37. The third kappa shape index (κ3) is 1.51. The molecule has 1 aliphatic rings. The summed E-state index contributed by atoms with van der Waals surface area (Å²) in [7, 11) is 2.32. The van der Waals surface area contributed by atoms with E-state index >= 15 is 0 Å². The van der Waals surface area contributed by atoms with E-state index in [2.05, 4.69) is 27.8 Å². The Morgan fingerprint density at radius 3 is 1.80 bits per heavy atom. The van der Waals surface area contributed by atoms with Gasteiger partial charge in [-0.1, -0.05) is 6.92 Å². The standard InChI is InChI=1S/C9H19N/c1-7-5-8(2)10(4)9(3)6-7/h7-9H,5-6H2,1-4H3/p+1. The van der Waals surface area contributed by atoms with Crippen molar-refractivity contribution < 1.29 is 4.90 Å². The van der Waals surface area contributed by atoms with E-state index in [4.69, 9.17) is 0 Å². The van der Waals surface area contributed by atoms with Gasteiger partial charge >= 0.3 is 0 Å². The lowest BCUT2D eigenvalue weighted by Gasteiger charge is -2.35. The highest BCUT2D eigenvalue weighted by molar-refractivity contribution is 4.66. The van der Waals surface area contributed by atoms with Crippen LogP contribution >= 0.6 is 0 Å². The molecule has 1 rings (SSSR count). The second kappa shape index (κ2) is 2.91. The van der Waals surface area contributed by atoms with Gasteiger partial charge in [-0.25, -0.2) is 0 Å². The van der Waals surface area contributed by atoms with Gasteiger partial charge in [0.05, 0.1) is 19.1 Å². The second-order valence-corrected chi connectivity index (χ2v) is 4.12. The van der Waals surface area contributed by atoms with E-state index in [9.17, 15) is 0 Å². The minimum Gasteiger partial charge on any atom is -0.333 e. The molecule has 1 heteroatoms. The summed E-state index contributed by atoms with van der Waals surface area (Å²) in [5.74, 6) is 0.952. The molecule has 1 nitrogen and oxygen atoms in total. The average Bonchev–Trinajstić information content (AvgIpc) is 1.82. The molecule has 0 aromatic rings. The smallest absolute Gasteiger partial charge is 0.0848 e. The van der Waals surface area contributed by atoms with Gasteiger partial charge in [0.25, 0.3) is 0 Å². The van der Waals surface area contributed by atoms with Crippen molar-refractivity contribution in [3.8, 4) is 0 Å². The quantitative estimate of drug-likeness (QED) is 0.508. The van der Waals surface area contributed by atoms with E-state index in [0.717, 1.165) is 18.0 Å². The lowest BCUT2D eigenvalue weighted by molar-refractivity contribution is -0.934. The van der Waals surface area contributed by atoms with Crippen molar-refractivity contribution in [1.82, 2.24) is 0 Å². The molecule has 2 atom stereocenters. The van der Waals surface area contributed by atoms with Crippen LogP contribution in [-0.4, -0.2) is 19.1 Å². The molecule has 1 saturated heterocycles. The largest absolute Gasteiger partial charge is 0.333 e. The first-order valence-electron chi connectivity index (χ1n) is 4.44. The third-order valence-corrected chi connectivity index (χ3v) is 3.07. The van der Waals surface area contributed by atoms with Crippen LogP contribution in [-0.2, 0) is 0 Å². The van der Waals surface area contributed by atoms with Gasteiger partial charge in [-0.3, -0.25) is 0 Å². The Labute approximate surface area is 64.4 Å². The van der Waals surface area contributed by atoms with Crippen LogP contribution in [0.15, 0.2) is 0 Å². The predicted octanol–water partition coefficient (Wildman–Crippen LogP) is 0.708.